The van der Waals surface area contributed by atoms with Crippen molar-refractivity contribution in [1.82, 2.24) is 0 Å². The summed E-state index contributed by atoms with van der Waals surface area (Å²) in [6, 6.07) is 15.5. The van der Waals surface area contributed by atoms with Crippen LogP contribution in [0.3, 0.4) is 0 Å². The van der Waals surface area contributed by atoms with E-state index in [1.54, 1.807) is 0 Å². The van der Waals surface area contributed by atoms with Crippen LogP contribution < -0.4 is 0 Å². The zero-order valence-corrected chi connectivity index (χ0v) is 17.5. The second-order valence-corrected chi connectivity index (χ2v) is 10.6. The van der Waals surface area contributed by atoms with E-state index in [9.17, 15) is 5.11 Å². The van der Waals surface area contributed by atoms with Crippen LogP contribution in [0.5, 0.6) is 5.75 Å². The first-order chi connectivity index (χ1) is 14.3. The molecule has 4 bridgehead atoms. The molecule has 2 aromatic carbocycles. The summed E-state index contributed by atoms with van der Waals surface area (Å²) in [5.41, 5.74) is 5.08. The highest BCUT2D eigenvalue weighted by molar-refractivity contribution is 5.73. The molecule has 2 unspecified atom stereocenters. The predicted octanol–water partition coefficient (Wildman–Crippen LogP) is 7.65. The first-order valence-corrected chi connectivity index (χ1v) is 12.2. The fraction of sp³-hybridized carbons (Fsp3) is 0.571. The molecule has 1 heteroatoms. The molecular formula is C28H34O. The van der Waals surface area contributed by atoms with Gasteiger partial charge in [0.2, 0.25) is 0 Å². The van der Waals surface area contributed by atoms with E-state index in [2.05, 4.69) is 42.5 Å². The maximum atomic E-state index is 11.5. The van der Waals surface area contributed by atoms with Gasteiger partial charge in [0, 0.05) is 5.56 Å². The lowest BCUT2D eigenvalue weighted by Gasteiger charge is -2.44. The second kappa shape index (κ2) is 7.18. The van der Waals surface area contributed by atoms with Crippen LogP contribution in [0.15, 0.2) is 42.5 Å². The largest absolute Gasteiger partial charge is 0.507 e. The van der Waals surface area contributed by atoms with Crippen molar-refractivity contribution >= 4 is 0 Å². The lowest BCUT2D eigenvalue weighted by Crippen LogP contribution is -2.31. The molecule has 1 N–H and O–H groups in total. The smallest absolute Gasteiger partial charge is 0.126 e. The minimum atomic E-state index is 0.575. The van der Waals surface area contributed by atoms with Gasteiger partial charge in [-0.25, -0.2) is 0 Å². The van der Waals surface area contributed by atoms with Gasteiger partial charge < -0.3 is 5.11 Å². The summed E-state index contributed by atoms with van der Waals surface area (Å²) in [5.74, 6) is 5.35. The summed E-state index contributed by atoms with van der Waals surface area (Å²) < 4.78 is 0. The highest BCUT2D eigenvalue weighted by Crippen LogP contribution is 2.55. The Morgan fingerprint density at radius 2 is 1.24 bits per heavy atom. The first kappa shape index (κ1) is 18.0. The summed E-state index contributed by atoms with van der Waals surface area (Å²) in [5, 5.41) is 11.5. The van der Waals surface area contributed by atoms with Crippen LogP contribution >= 0.6 is 0 Å². The average Bonchev–Trinajstić information content (AvgIpc) is 2.81. The third-order valence-corrected chi connectivity index (χ3v) is 9.17. The summed E-state index contributed by atoms with van der Waals surface area (Å²) in [4.78, 5) is 0. The van der Waals surface area contributed by atoms with E-state index in [-0.39, 0.29) is 0 Å². The lowest BCUT2D eigenvalue weighted by atomic mass is 9.60. The van der Waals surface area contributed by atoms with Crippen LogP contribution in [-0.4, -0.2) is 5.11 Å². The monoisotopic (exact) mass is 386 g/mol. The zero-order chi connectivity index (χ0) is 19.4. The molecule has 29 heavy (non-hydrogen) atoms. The molecule has 0 spiro atoms. The quantitative estimate of drug-likeness (QED) is 0.574. The normalized spacial score (nSPS) is 35.7. The van der Waals surface area contributed by atoms with Crippen LogP contribution in [-0.2, 0) is 0 Å². The number of hydrogen-bond acceptors (Lipinski definition) is 1. The van der Waals surface area contributed by atoms with Crippen molar-refractivity contribution in [2.45, 2.75) is 76.0 Å². The number of phenolic OH excluding ortho intramolecular Hbond substituents is 1. The van der Waals surface area contributed by atoms with Crippen LogP contribution in [0.2, 0.25) is 0 Å². The minimum absolute atomic E-state index is 0.575. The van der Waals surface area contributed by atoms with Crippen molar-refractivity contribution < 1.29 is 5.11 Å². The van der Waals surface area contributed by atoms with Crippen LogP contribution in [0, 0.1) is 23.7 Å². The Kier molecular flexibility index (Phi) is 4.47. The van der Waals surface area contributed by atoms with E-state index in [4.69, 9.17) is 0 Å². The third-order valence-electron chi connectivity index (χ3n) is 9.17. The summed E-state index contributed by atoms with van der Waals surface area (Å²) in [7, 11) is 0. The van der Waals surface area contributed by atoms with E-state index in [1.165, 1.54) is 80.9 Å². The number of benzene rings is 2. The molecule has 6 aliphatic rings. The van der Waals surface area contributed by atoms with Crippen molar-refractivity contribution in [1.29, 1.82) is 0 Å². The fourth-order valence-electron chi connectivity index (χ4n) is 7.56. The van der Waals surface area contributed by atoms with Gasteiger partial charge in [0.05, 0.1) is 0 Å². The average molecular weight is 387 g/mol. The highest BCUT2D eigenvalue weighted by Gasteiger charge is 2.40. The molecule has 152 valence electrons. The second-order valence-electron chi connectivity index (χ2n) is 10.6. The van der Waals surface area contributed by atoms with E-state index in [0.717, 1.165) is 29.2 Å². The van der Waals surface area contributed by atoms with Gasteiger partial charge in [-0.2, -0.15) is 0 Å². The number of fused-ring (bicyclic) bond motifs is 6. The summed E-state index contributed by atoms with van der Waals surface area (Å²) in [6.07, 6.45) is 14.0. The molecule has 0 aliphatic heterocycles. The molecular weight excluding hydrogens is 352 g/mol. The van der Waals surface area contributed by atoms with Gasteiger partial charge in [-0.15, -0.1) is 0 Å². The Morgan fingerprint density at radius 1 is 0.655 bits per heavy atom. The summed E-state index contributed by atoms with van der Waals surface area (Å²) in [6.45, 7) is 0. The Morgan fingerprint density at radius 3 is 1.79 bits per heavy atom. The number of rotatable bonds is 3. The van der Waals surface area contributed by atoms with E-state index in [1.807, 2.05) is 0 Å². The van der Waals surface area contributed by atoms with Crippen molar-refractivity contribution in [3.8, 4) is 16.9 Å². The Bertz CT molecular complexity index is 869. The van der Waals surface area contributed by atoms with Crippen LogP contribution in [0.1, 0.15) is 87.2 Å². The molecule has 2 atom stereocenters. The SMILES string of the molecule is Oc1c(-c2ccccc2)cc(C2CC3CCC2CC3)cc1C1CC2CCC1CC2. The van der Waals surface area contributed by atoms with Gasteiger partial charge in [0.25, 0.3) is 0 Å². The highest BCUT2D eigenvalue weighted by atomic mass is 16.3. The third kappa shape index (κ3) is 3.13. The lowest BCUT2D eigenvalue weighted by molar-refractivity contribution is 0.140. The minimum Gasteiger partial charge on any atom is -0.507 e. The molecule has 1 nitrogen and oxygen atoms in total. The maximum absolute atomic E-state index is 11.5. The van der Waals surface area contributed by atoms with Crippen LogP contribution in [0.4, 0.5) is 0 Å². The zero-order valence-electron chi connectivity index (χ0n) is 17.5. The van der Waals surface area contributed by atoms with Crippen molar-refractivity contribution in [3.05, 3.63) is 53.6 Å². The van der Waals surface area contributed by atoms with Crippen molar-refractivity contribution in [2.24, 2.45) is 23.7 Å². The maximum Gasteiger partial charge on any atom is 0.126 e. The Balaban J connectivity index is 1.46. The molecule has 6 fully saturated rings. The standard InChI is InChI=1S/C28H34O/c29-28-26(20-4-2-1-3-5-20)16-23(24-14-18-6-10-21(24)11-7-18)17-27(28)25-15-19-8-12-22(25)13-9-19/h1-5,16-19,21-22,24-25,29H,6-15H2. The van der Waals surface area contributed by atoms with E-state index >= 15 is 0 Å². The fourth-order valence-corrected chi connectivity index (χ4v) is 7.56. The molecule has 2 aromatic rings. The topological polar surface area (TPSA) is 20.2 Å². The van der Waals surface area contributed by atoms with Gasteiger partial charge in [0.1, 0.15) is 5.75 Å². The van der Waals surface area contributed by atoms with Crippen molar-refractivity contribution in [3.63, 3.8) is 0 Å². The molecule has 0 heterocycles. The van der Waals surface area contributed by atoms with E-state index < -0.39 is 0 Å². The first-order valence-electron chi connectivity index (χ1n) is 12.2. The molecule has 6 aliphatic carbocycles. The summed E-state index contributed by atoms with van der Waals surface area (Å²) >= 11 is 0. The molecule has 0 saturated heterocycles. The van der Waals surface area contributed by atoms with Gasteiger partial charge >= 0.3 is 0 Å². The number of aromatic hydroxyl groups is 1. The Hall–Kier alpha value is -1.76. The Labute approximate surface area is 175 Å². The van der Waals surface area contributed by atoms with Gasteiger partial charge in [-0.3, -0.25) is 0 Å². The van der Waals surface area contributed by atoms with Crippen molar-refractivity contribution in [2.75, 3.05) is 0 Å². The number of phenols is 1. The molecule has 0 radical (unpaired) electrons. The molecule has 8 rings (SSSR count). The molecule has 0 amide bonds. The van der Waals surface area contributed by atoms with E-state index in [0.29, 0.717) is 17.6 Å². The molecule has 0 aromatic heterocycles. The van der Waals surface area contributed by atoms with Gasteiger partial charge in [-0.1, -0.05) is 62.1 Å². The number of hydrogen-bond donors (Lipinski definition) is 1. The van der Waals surface area contributed by atoms with Gasteiger partial charge in [0.15, 0.2) is 0 Å². The molecule has 6 saturated carbocycles. The predicted molar refractivity (Wildman–Crippen MR) is 119 cm³/mol. The van der Waals surface area contributed by atoms with Gasteiger partial charge in [-0.05, 0) is 96.8 Å². The van der Waals surface area contributed by atoms with Crippen LogP contribution in [0.25, 0.3) is 11.1 Å².